The van der Waals surface area contributed by atoms with Crippen LogP contribution in [0.4, 0.5) is 32.3 Å². The lowest BCUT2D eigenvalue weighted by atomic mass is 9.85. The summed E-state index contributed by atoms with van der Waals surface area (Å²) in [4.78, 5) is 91.5. The Balaban J connectivity index is 1.05. The minimum atomic E-state index is -1.93. The van der Waals surface area contributed by atoms with E-state index >= 15 is 0 Å². The summed E-state index contributed by atoms with van der Waals surface area (Å²) >= 11 is 0. The first-order valence-corrected chi connectivity index (χ1v) is 20.6. The molecule has 2 N–H and O–H groups in total. The number of para-hydroxylation sites is 4. The smallest absolute Gasteiger partial charge is 0.342 e. The van der Waals surface area contributed by atoms with Gasteiger partial charge in [0.05, 0.1) is 36.0 Å². The Hall–Kier alpha value is -7.58. The van der Waals surface area contributed by atoms with Crippen molar-refractivity contribution in [1.29, 1.82) is 0 Å². The van der Waals surface area contributed by atoms with Crippen molar-refractivity contribution in [3.05, 3.63) is 193 Å². The molecule has 0 spiro atoms. The average Bonchev–Trinajstić information content (AvgIpc) is 3.32. The van der Waals surface area contributed by atoms with Crippen LogP contribution in [0.3, 0.4) is 0 Å². The zero-order valence-electron chi connectivity index (χ0n) is 34.2. The summed E-state index contributed by atoms with van der Waals surface area (Å²) in [7, 11) is 0. The molecule has 2 fully saturated rings. The molecule has 2 aliphatic heterocycles. The Morgan fingerprint density at radius 3 is 0.841 bits per heavy atom. The van der Waals surface area contributed by atoms with Crippen LogP contribution in [0.5, 0.6) is 0 Å². The fourth-order valence-electron chi connectivity index (χ4n) is 8.02. The largest absolute Gasteiger partial charge is 0.379 e. The molecule has 0 saturated carbocycles. The van der Waals surface area contributed by atoms with Crippen LogP contribution in [0.1, 0.15) is 11.1 Å². The second kappa shape index (κ2) is 18.6. The Bertz CT molecular complexity index is 2280. The molecule has 13 heteroatoms. The van der Waals surface area contributed by atoms with E-state index in [4.69, 9.17) is 4.74 Å². The summed E-state index contributed by atoms with van der Waals surface area (Å²) in [6.07, 6.45) is -0.151. The Morgan fingerprint density at radius 1 is 0.349 bits per heavy atom. The van der Waals surface area contributed by atoms with E-state index in [0.717, 1.165) is 19.6 Å². The monoisotopic (exact) mass is 840 g/mol. The number of nitrogens with one attached hydrogen (secondary N) is 2. The van der Waals surface area contributed by atoms with Crippen LogP contribution < -0.4 is 30.2 Å². The van der Waals surface area contributed by atoms with E-state index in [-0.39, 0.29) is 39.1 Å². The molecule has 0 aromatic heterocycles. The van der Waals surface area contributed by atoms with Crippen molar-refractivity contribution in [3.8, 4) is 0 Å². The van der Waals surface area contributed by atoms with Gasteiger partial charge in [-0.25, -0.2) is 29.2 Å². The van der Waals surface area contributed by atoms with Gasteiger partial charge in [0.15, 0.2) is 11.1 Å². The molecule has 0 atom stereocenters. The van der Waals surface area contributed by atoms with Gasteiger partial charge in [0.1, 0.15) is 0 Å². The molecule has 0 aliphatic carbocycles. The van der Waals surface area contributed by atoms with Gasteiger partial charge in [-0.1, -0.05) is 133 Å². The molecule has 8 amide bonds. The van der Waals surface area contributed by atoms with Crippen LogP contribution in [-0.2, 0) is 36.8 Å². The highest BCUT2D eigenvalue weighted by atomic mass is 16.5. The molecule has 6 aromatic rings. The number of hydrogen-bond donors (Lipinski definition) is 2. The first-order chi connectivity index (χ1) is 30.7. The van der Waals surface area contributed by atoms with E-state index in [1.54, 1.807) is 121 Å². The lowest BCUT2D eigenvalue weighted by Crippen LogP contribution is -2.76. The topological polar surface area (TPSA) is 149 Å². The number of hydrogen-bond acceptors (Lipinski definition) is 9. The third-order valence-corrected chi connectivity index (χ3v) is 11.1. The minimum absolute atomic E-state index is 0.00510. The molecular formula is C50H44N6O7. The van der Waals surface area contributed by atoms with Crippen molar-refractivity contribution in [2.45, 2.75) is 23.9 Å². The second-order valence-corrected chi connectivity index (χ2v) is 15.1. The fraction of sp³-hybridized carbons (Fsp3) is 0.160. The molecule has 316 valence electrons. The van der Waals surface area contributed by atoms with E-state index in [1.165, 1.54) is 0 Å². The highest BCUT2D eigenvalue weighted by Crippen LogP contribution is 2.35. The lowest BCUT2D eigenvalue weighted by molar-refractivity contribution is -0.138. The lowest BCUT2D eigenvalue weighted by Gasteiger charge is -2.44. The Labute approximate surface area is 364 Å². The van der Waals surface area contributed by atoms with Gasteiger partial charge in [-0.2, -0.15) is 0 Å². The molecule has 6 aromatic carbocycles. The van der Waals surface area contributed by atoms with Crippen LogP contribution in [-0.4, -0.2) is 73.1 Å². The quantitative estimate of drug-likeness (QED) is 0.0819. The van der Waals surface area contributed by atoms with E-state index in [1.807, 2.05) is 60.7 Å². The summed E-state index contributed by atoms with van der Waals surface area (Å²) in [6.45, 7) is -0.0345. The van der Waals surface area contributed by atoms with Crippen molar-refractivity contribution in [2.24, 2.45) is 0 Å². The van der Waals surface area contributed by atoms with Crippen molar-refractivity contribution in [3.63, 3.8) is 0 Å². The molecular weight excluding hydrogens is 797 g/mol. The molecule has 0 radical (unpaired) electrons. The minimum Gasteiger partial charge on any atom is -0.379 e. The van der Waals surface area contributed by atoms with E-state index in [2.05, 4.69) is 10.6 Å². The Morgan fingerprint density at radius 2 is 0.587 bits per heavy atom. The van der Waals surface area contributed by atoms with Gasteiger partial charge in [0.25, 0.3) is 23.6 Å². The third-order valence-electron chi connectivity index (χ3n) is 11.1. The Kier molecular flexibility index (Phi) is 12.4. The highest BCUT2D eigenvalue weighted by molar-refractivity contribution is 6.41. The van der Waals surface area contributed by atoms with Crippen molar-refractivity contribution in [1.82, 2.24) is 10.6 Å². The van der Waals surface area contributed by atoms with Gasteiger partial charge in [0, 0.05) is 25.9 Å². The standard InChI is InChI=1S/C50H44N6O7/c57-43-49(35-37-19-7-1-8-20-37,44(58)54(40-25-13-4-14-26-40)47(61)53(43)39-23-11-3-12-24-39)51-31-33-63-34-32-52-50(36-38-21-9-2-10-22-38)45(59)55(41-27-15-5-16-28-41)48(62)56(46(50)60)42-29-17-6-18-30-42/h1-30,51-52H,31-36H2. The maximum Gasteiger partial charge on any atom is 0.342 e. The molecule has 0 unspecified atom stereocenters. The van der Waals surface area contributed by atoms with Gasteiger partial charge in [-0.05, 0) is 59.7 Å². The first-order valence-electron chi connectivity index (χ1n) is 20.6. The number of rotatable bonds is 16. The second-order valence-electron chi connectivity index (χ2n) is 15.1. The predicted molar refractivity (Wildman–Crippen MR) is 239 cm³/mol. The number of anilines is 4. The predicted octanol–water partition coefficient (Wildman–Crippen LogP) is 6.55. The summed E-state index contributed by atoms with van der Waals surface area (Å²) < 4.78 is 6.08. The number of barbiturate groups is 2. The zero-order valence-corrected chi connectivity index (χ0v) is 34.2. The number of carbonyl (C=O) groups is 6. The number of carbonyl (C=O) groups excluding carboxylic acids is 6. The summed E-state index contributed by atoms with van der Waals surface area (Å²) in [5.41, 5.74) is -1.28. The van der Waals surface area contributed by atoms with Gasteiger partial charge in [-0.15, -0.1) is 0 Å². The first kappa shape index (κ1) is 42.1. The van der Waals surface area contributed by atoms with Crippen molar-refractivity contribution in [2.75, 3.05) is 45.9 Å². The third kappa shape index (κ3) is 8.28. The molecule has 2 aliphatic rings. The van der Waals surface area contributed by atoms with E-state index in [9.17, 15) is 28.8 Å². The van der Waals surface area contributed by atoms with Crippen molar-refractivity contribution < 1.29 is 33.5 Å². The number of ether oxygens (including phenoxy) is 1. The molecule has 0 bridgehead atoms. The van der Waals surface area contributed by atoms with Crippen LogP contribution in [0.2, 0.25) is 0 Å². The van der Waals surface area contributed by atoms with Crippen LogP contribution in [0.15, 0.2) is 182 Å². The summed E-state index contributed by atoms with van der Waals surface area (Å²) in [5.74, 6) is -2.95. The normalized spacial score (nSPS) is 16.2. The number of amides is 8. The fourth-order valence-corrected chi connectivity index (χ4v) is 8.02. The molecule has 8 rings (SSSR count). The number of benzene rings is 6. The van der Waals surface area contributed by atoms with Gasteiger partial charge >= 0.3 is 12.1 Å². The van der Waals surface area contributed by atoms with Gasteiger partial charge in [0.2, 0.25) is 0 Å². The maximum atomic E-state index is 14.8. The molecule has 2 saturated heterocycles. The van der Waals surface area contributed by atoms with Crippen molar-refractivity contribution >= 4 is 58.4 Å². The van der Waals surface area contributed by atoms with E-state index in [0.29, 0.717) is 33.9 Å². The molecule has 2 heterocycles. The summed E-state index contributed by atoms with van der Waals surface area (Å²) in [6, 6.07) is 50.4. The average molecular weight is 841 g/mol. The van der Waals surface area contributed by atoms with E-state index < -0.39 is 46.8 Å². The van der Waals surface area contributed by atoms with Gasteiger partial charge < -0.3 is 4.74 Å². The number of imide groups is 4. The van der Waals surface area contributed by atoms with Crippen LogP contribution in [0, 0.1) is 0 Å². The number of nitrogens with zero attached hydrogens (tertiary/aromatic N) is 4. The molecule has 13 nitrogen and oxygen atoms in total. The van der Waals surface area contributed by atoms with Gasteiger partial charge in [-0.3, -0.25) is 29.8 Å². The van der Waals surface area contributed by atoms with Crippen LogP contribution >= 0.6 is 0 Å². The van der Waals surface area contributed by atoms with Crippen LogP contribution in [0.25, 0.3) is 0 Å². The highest BCUT2D eigenvalue weighted by Gasteiger charge is 2.59. The molecule has 63 heavy (non-hydrogen) atoms. The SMILES string of the molecule is O=C1N(c2ccccc2)C(=O)C(Cc2ccccc2)(NCCOCCNC2(Cc3ccccc3)C(=O)N(c3ccccc3)C(=O)N(c3ccccc3)C2=O)C(=O)N1c1ccccc1. The zero-order chi connectivity index (χ0) is 43.8. The maximum absolute atomic E-state index is 14.8. The number of urea groups is 2. The summed E-state index contributed by atoms with van der Waals surface area (Å²) in [5, 5.41) is 6.42.